The van der Waals surface area contributed by atoms with Crippen molar-refractivity contribution >= 4 is 16.8 Å². The van der Waals surface area contributed by atoms with E-state index in [0.29, 0.717) is 18.2 Å². The van der Waals surface area contributed by atoms with Crippen LogP contribution in [0.1, 0.15) is 37.7 Å². The summed E-state index contributed by atoms with van der Waals surface area (Å²) in [5.41, 5.74) is 3.77. The second kappa shape index (κ2) is 10.4. The Morgan fingerprint density at radius 2 is 1.88 bits per heavy atom. The molecule has 0 radical (unpaired) electrons. The van der Waals surface area contributed by atoms with Crippen molar-refractivity contribution in [3.63, 3.8) is 0 Å². The van der Waals surface area contributed by atoms with Crippen molar-refractivity contribution in [3.8, 4) is 5.75 Å². The minimum atomic E-state index is -0.393. The van der Waals surface area contributed by atoms with Crippen LogP contribution in [0.15, 0.2) is 51.7 Å². The van der Waals surface area contributed by atoms with Gasteiger partial charge in [0.2, 0.25) is 0 Å². The minimum Gasteiger partial charge on any atom is -0.494 e. The smallest absolute Gasteiger partial charge is 0.417 e. The molecule has 176 valence electrons. The van der Waals surface area contributed by atoms with Crippen LogP contribution in [0.4, 0.5) is 5.69 Å². The predicted molar refractivity (Wildman–Crippen MR) is 129 cm³/mol. The lowest BCUT2D eigenvalue weighted by atomic mass is 9.97. The molecule has 0 aliphatic carbocycles. The van der Waals surface area contributed by atoms with E-state index < -0.39 is 5.76 Å². The van der Waals surface area contributed by atoms with E-state index >= 15 is 0 Å². The van der Waals surface area contributed by atoms with Gasteiger partial charge in [0.1, 0.15) is 5.75 Å². The number of fused-ring (bicyclic) bond motifs is 1. The maximum absolute atomic E-state index is 11.7. The molecule has 1 aromatic heterocycles. The molecular formula is C26H33N3O4. The highest BCUT2D eigenvalue weighted by atomic mass is 16.5. The third-order valence-electron chi connectivity index (χ3n) is 6.75. The summed E-state index contributed by atoms with van der Waals surface area (Å²) in [4.78, 5) is 19.3. The van der Waals surface area contributed by atoms with Gasteiger partial charge in [-0.25, -0.2) is 4.79 Å². The van der Waals surface area contributed by atoms with Crippen molar-refractivity contribution in [2.24, 2.45) is 0 Å². The van der Waals surface area contributed by atoms with E-state index in [0.717, 1.165) is 82.0 Å². The van der Waals surface area contributed by atoms with Crippen molar-refractivity contribution < 1.29 is 13.9 Å². The fraction of sp³-hybridized carbons (Fsp3) is 0.500. The predicted octanol–water partition coefficient (Wildman–Crippen LogP) is 4.17. The molecule has 0 saturated carbocycles. The normalized spacial score (nSPS) is 19.8. The van der Waals surface area contributed by atoms with Crippen LogP contribution in [0.5, 0.6) is 5.75 Å². The first kappa shape index (κ1) is 22.0. The Morgan fingerprint density at radius 3 is 2.73 bits per heavy atom. The molecule has 2 fully saturated rings. The fourth-order valence-electron chi connectivity index (χ4n) is 5.02. The Balaban J connectivity index is 1.13. The van der Waals surface area contributed by atoms with E-state index in [1.165, 1.54) is 12.0 Å². The van der Waals surface area contributed by atoms with Gasteiger partial charge in [-0.05, 0) is 61.9 Å². The molecular weight excluding hydrogens is 418 g/mol. The van der Waals surface area contributed by atoms with Gasteiger partial charge in [-0.1, -0.05) is 18.2 Å². The monoisotopic (exact) mass is 451 g/mol. The van der Waals surface area contributed by atoms with Gasteiger partial charge in [0.25, 0.3) is 0 Å². The molecule has 33 heavy (non-hydrogen) atoms. The van der Waals surface area contributed by atoms with Gasteiger partial charge < -0.3 is 18.8 Å². The molecule has 7 nitrogen and oxygen atoms in total. The number of H-pyrrole nitrogens is 1. The van der Waals surface area contributed by atoms with Crippen LogP contribution in [0.2, 0.25) is 0 Å². The number of oxazole rings is 1. The highest BCUT2D eigenvalue weighted by Crippen LogP contribution is 2.32. The quantitative estimate of drug-likeness (QED) is 0.519. The maximum atomic E-state index is 11.7. The van der Waals surface area contributed by atoms with Crippen LogP contribution >= 0.6 is 0 Å². The van der Waals surface area contributed by atoms with Crippen LogP contribution in [-0.4, -0.2) is 55.4 Å². The lowest BCUT2D eigenvalue weighted by Gasteiger charge is -2.37. The van der Waals surface area contributed by atoms with Crippen molar-refractivity contribution in [1.29, 1.82) is 0 Å². The molecule has 3 aromatic rings. The molecule has 0 bridgehead atoms. The number of aromatic amines is 1. The third-order valence-corrected chi connectivity index (χ3v) is 6.75. The highest BCUT2D eigenvalue weighted by Gasteiger charge is 2.25. The lowest BCUT2D eigenvalue weighted by molar-refractivity contribution is 0.0342. The van der Waals surface area contributed by atoms with Crippen LogP contribution < -0.4 is 15.4 Å². The zero-order chi connectivity index (χ0) is 22.5. The first-order valence-electron chi connectivity index (χ1n) is 12.2. The summed E-state index contributed by atoms with van der Waals surface area (Å²) in [6, 6.07) is 14.9. The van der Waals surface area contributed by atoms with Gasteiger partial charge in [0.15, 0.2) is 5.58 Å². The zero-order valence-corrected chi connectivity index (χ0v) is 19.1. The van der Waals surface area contributed by atoms with E-state index in [4.69, 9.17) is 13.9 Å². The third kappa shape index (κ3) is 5.42. The van der Waals surface area contributed by atoms with E-state index in [2.05, 4.69) is 45.1 Å². The van der Waals surface area contributed by atoms with E-state index in [9.17, 15) is 4.79 Å². The topological polar surface area (TPSA) is 70.9 Å². The number of nitrogens with zero attached hydrogens (tertiary/aromatic N) is 2. The molecule has 1 unspecified atom stereocenters. The molecule has 1 atom stereocenters. The van der Waals surface area contributed by atoms with Crippen LogP contribution in [-0.2, 0) is 11.3 Å². The highest BCUT2D eigenvalue weighted by molar-refractivity contribution is 5.86. The van der Waals surface area contributed by atoms with Crippen molar-refractivity contribution in [2.75, 3.05) is 44.4 Å². The summed E-state index contributed by atoms with van der Waals surface area (Å²) in [5.74, 6) is 0.537. The SMILES string of the molecule is O=c1[nH]c2cccc(N3CCCCC3CCCOc3ccc(CN4CCOCC4)cc3)c2o1. The number of rotatable bonds is 8. The number of hydrogen-bond donors (Lipinski definition) is 1. The van der Waals surface area contributed by atoms with Gasteiger partial charge in [-0.3, -0.25) is 9.88 Å². The first-order valence-corrected chi connectivity index (χ1v) is 12.2. The Labute approximate surface area is 194 Å². The molecule has 7 heteroatoms. The van der Waals surface area contributed by atoms with Gasteiger partial charge >= 0.3 is 5.76 Å². The molecule has 2 aliphatic rings. The summed E-state index contributed by atoms with van der Waals surface area (Å²) >= 11 is 0. The standard InChI is InChI=1S/C26H33N3O4/c30-26-27-23-7-3-8-24(25(23)33-26)29-13-2-1-5-21(29)6-4-16-32-22-11-9-20(10-12-22)19-28-14-17-31-18-15-28/h3,7-12,21H,1-2,4-6,13-19H2,(H,27,30). The number of anilines is 1. The Kier molecular flexibility index (Phi) is 6.98. The number of ether oxygens (including phenoxy) is 2. The number of piperidine rings is 1. The molecule has 0 amide bonds. The summed E-state index contributed by atoms with van der Waals surface area (Å²) in [7, 11) is 0. The Morgan fingerprint density at radius 1 is 1.03 bits per heavy atom. The average Bonchev–Trinajstić information content (AvgIpc) is 3.24. The summed E-state index contributed by atoms with van der Waals surface area (Å²) in [6.45, 7) is 6.32. The second-order valence-electron chi connectivity index (χ2n) is 9.03. The van der Waals surface area contributed by atoms with Crippen LogP contribution in [0, 0.1) is 0 Å². The maximum Gasteiger partial charge on any atom is 0.417 e. The molecule has 1 N–H and O–H groups in total. The Hall–Kier alpha value is -2.77. The fourth-order valence-corrected chi connectivity index (χ4v) is 5.02. The molecule has 2 saturated heterocycles. The van der Waals surface area contributed by atoms with Gasteiger partial charge in [-0.15, -0.1) is 0 Å². The van der Waals surface area contributed by atoms with Crippen LogP contribution in [0.3, 0.4) is 0 Å². The number of morpholine rings is 1. The van der Waals surface area contributed by atoms with E-state index in [1.54, 1.807) is 0 Å². The number of nitrogens with one attached hydrogen (secondary N) is 1. The van der Waals surface area contributed by atoms with E-state index in [1.807, 2.05) is 12.1 Å². The molecule has 5 rings (SSSR count). The molecule has 3 heterocycles. The van der Waals surface area contributed by atoms with Gasteiger partial charge in [0, 0.05) is 32.2 Å². The zero-order valence-electron chi connectivity index (χ0n) is 19.1. The van der Waals surface area contributed by atoms with E-state index in [-0.39, 0.29) is 0 Å². The number of benzene rings is 2. The lowest BCUT2D eigenvalue weighted by Crippen LogP contribution is -2.39. The largest absolute Gasteiger partial charge is 0.494 e. The first-order chi connectivity index (χ1) is 16.3. The van der Waals surface area contributed by atoms with Gasteiger partial charge in [-0.2, -0.15) is 0 Å². The number of para-hydroxylation sites is 1. The number of aromatic nitrogens is 1. The van der Waals surface area contributed by atoms with Crippen molar-refractivity contribution in [2.45, 2.75) is 44.7 Å². The van der Waals surface area contributed by atoms with Crippen molar-refractivity contribution in [3.05, 3.63) is 58.6 Å². The van der Waals surface area contributed by atoms with Gasteiger partial charge in [0.05, 0.1) is 31.0 Å². The molecule has 2 aromatic carbocycles. The summed E-state index contributed by atoms with van der Waals surface area (Å²) in [6.07, 6.45) is 5.60. The summed E-state index contributed by atoms with van der Waals surface area (Å²) in [5, 5.41) is 0. The summed E-state index contributed by atoms with van der Waals surface area (Å²) < 4.78 is 16.9. The minimum absolute atomic E-state index is 0.393. The average molecular weight is 452 g/mol. The Bertz CT molecular complexity index is 1080. The number of hydrogen-bond acceptors (Lipinski definition) is 6. The van der Waals surface area contributed by atoms with Crippen molar-refractivity contribution in [1.82, 2.24) is 9.88 Å². The molecule has 0 spiro atoms. The van der Waals surface area contributed by atoms with Crippen LogP contribution in [0.25, 0.3) is 11.1 Å². The molecule has 2 aliphatic heterocycles. The second-order valence-corrected chi connectivity index (χ2v) is 9.03.